The average Bonchev–Trinajstić information content (AvgIpc) is 2.71. The Labute approximate surface area is 183 Å². The highest BCUT2D eigenvalue weighted by Crippen LogP contribution is 2.29. The molecule has 6 nitrogen and oxygen atoms in total. The number of halogens is 3. The van der Waals surface area contributed by atoms with Gasteiger partial charge in [-0.15, -0.1) is 11.6 Å². The Morgan fingerprint density at radius 1 is 1.17 bits per heavy atom. The minimum absolute atomic E-state index is 0.0316. The van der Waals surface area contributed by atoms with E-state index in [0.29, 0.717) is 40.9 Å². The summed E-state index contributed by atoms with van der Waals surface area (Å²) in [5.41, 5.74) is 0.120. The van der Waals surface area contributed by atoms with Crippen LogP contribution in [-0.4, -0.2) is 40.8 Å². The molecule has 2 aromatic carbocycles. The number of likely N-dealkylation sites (tertiary alicyclic amines) is 1. The highest BCUT2D eigenvalue weighted by molar-refractivity contribution is 6.42. The van der Waals surface area contributed by atoms with Gasteiger partial charge in [0.05, 0.1) is 20.5 Å². The van der Waals surface area contributed by atoms with Crippen LogP contribution in [0.3, 0.4) is 0 Å². The summed E-state index contributed by atoms with van der Waals surface area (Å²) in [4.78, 5) is 23.6. The molecule has 0 bridgehead atoms. The maximum Gasteiger partial charge on any atom is 0.273 e. The maximum absolute atomic E-state index is 11.3. The van der Waals surface area contributed by atoms with Gasteiger partial charge in [-0.3, -0.25) is 19.8 Å². The van der Waals surface area contributed by atoms with Gasteiger partial charge in [0.2, 0.25) is 6.29 Å². The van der Waals surface area contributed by atoms with E-state index in [9.17, 15) is 14.9 Å². The SMILES string of the molecule is O=[C]c1ccc(CC(Cl)N2CCC(Oc3ccc(Cl)c(Cl)c3)CC2)c([N+](=O)[O-])c1. The molecule has 1 saturated heterocycles. The first-order chi connectivity index (χ1) is 13.9. The zero-order valence-corrected chi connectivity index (χ0v) is 17.6. The molecule has 1 atom stereocenters. The molecule has 9 heteroatoms. The summed E-state index contributed by atoms with van der Waals surface area (Å²) in [6, 6.07) is 9.47. The Morgan fingerprint density at radius 2 is 1.90 bits per heavy atom. The van der Waals surface area contributed by atoms with Crippen molar-refractivity contribution in [1.29, 1.82) is 0 Å². The number of ether oxygens (including phenoxy) is 1. The van der Waals surface area contributed by atoms with E-state index in [2.05, 4.69) is 4.90 Å². The summed E-state index contributed by atoms with van der Waals surface area (Å²) >= 11 is 18.5. The lowest BCUT2D eigenvalue weighted by molar-refractivity contribution is -0.385. The predicted molar refractivity (Wildman–Crippen MR) is 113 cm³/mol. The fourth-order valence-corrected chi connectivity index (χ4v) is 3.95. The molecule has 1 unspecified atom stereocenters. The molecule has 1 radical (unpaired) electrons. The van der Waals surface area contributed by atoms with Crippen LogP contribution in [0.5, 0.6) is 5.75 Å². The number of hydrogen-bond acceptors (Lipinski definition) is 5. The zero-order chi connectivity index (χ0) is 21.0. The van der Waals surface area contributed by atoms with Gasteiger partial charge < -0.3 is 4.74 Å². The minimum atomic E-state index is -0.503. The lowest BCUT2D eigenvalue weighted by atomic mass is 10.0. The highest BCUT2D eigenvalue weighted by atomic mass is 35.5. The lowest BCUT2D eigenvalue weighted by Gasteiger charge is -2.35. The lowest BCUT2D eigenvalue weighted by Crippen LogP contribution is -2.42. The highest BCUT2D eigenvalue weighted by Gasteiger charge is 2.27. The number of rotatable bonds is 7. The van der Waals surface area contributed by atoms with E-state index in [-0.39, 0.29) is 17.4 Å². The number of piperidine rings is 1. The minimum Gasteiger partial charge on any atom is -0.490 e. The van der Waals surface area contributed by atoms with Gasteiger partial charge in [-0.2, -0.15) is 0 Å². The Balaban J connectivity index is 1.57. The van der Waals surface area contributed by atoms with E-state index in [4.69, 9.17) is 39.5 Å². The Bertz CT molecular complexity index is 901. The van der Waals surface area contributed by atoms with E-state index >= 15 is 0 Å². The number of nitro groups is 1. The first-order valence-electron chi connectivity index (χ1n) is 9.02. The summed E-state index contributed by atoms with van der Waals surface area (Å²) in [5.74, 6) is 0.669. The second kappa shape index (κ2) is 9.76. The van der Waals surface area contributed by atoms with E-state index in [0.717, 1.165) is 12.8 Å². The largest absolute Gasteiger partial charge is 0.490 e. The molecule has 0 spiro atoms. The summed E-state index contributed by atoms with van der Waals surface area (Å²) in [6.07, 6.45) is 3.54. The molecule has 1 heterocycles. The topological polar surface area (TPSA) is 72.7 Å². The first-order valence-corrected chi connectivity index (χ1v) is 10.2. The number of hydrogen-bond donors (Lipinski definition) is 0. The smallest absolute Gasteiger partial charge is 0.273 e. The van der Waals surface area contributed by atoms with Crippen molar-refractivity contribution in [1.82, 2.24) is 4.90 Å². The third kappa shape index (κ3) is 5.60. The summed E-state index contributed by atoms with van der Waals surface area (Å²) in [5, 5.41) is 12.2. The van der Waals surface area contributed by atoms with Crippen molar-refractivity contribution in [2.45, 2.75) is 30.9 Å². The summed E-state index contributed by atoms with van der Waals surface area (Å²) < 4.78 is 5.97. The van der Waals surface area contributed by atoms with Crippen LogP contribution in [0.4, 0.5) is 5.69 Å². The predicted octanol–water partition coefficient (Wildman–Crippen LogP) is 5.01. The van der Waals surface area contributed by atoms with Crippen molar-refractivity contribution in [2.75, 3.05) is 13.1 Å². The fourth-order valence-electron chi connectivity index (χ4n) is 3.30. The third-order valence-electron chi connectivity index (χ3n) is 4.85. The molecule has 3 rings (SSSR count). The van der Waals surface area contributed by atoms with Crippen LogP contribution in [0.1, 0.15) is 24.0 Å². The Kier molecular flexibility index (Phi) is 7.35. The molecular weight excluding hydrogens is 439 g/mol. The molecular formula is C20H18Cl3N2O4. The van der Waals surface area contributed by atoms with Crippen LogP contribution in [0.25, 0.3) is 0 Å². The van der Waals surface area contributed by atoms with Crippen molar-refractivity contribution in [3.05, 3.63) is 67.7 Å². The van der Waals surface area contributed by atoms with E-state index in [1.165, 1.54) is 12.1 Å². The maximum atomic E-state index is 11.3. The molecule has 1 aliphatic rings. The quantitative estimate of drug-likeness (QED) is 0.253. The number of benzene rings is 2. The number of nitrogens with zero attached hydrogens (tertiary/aromatic N) is 2. The molecule has 2 aromatic rings. The van der Waals surface area contributed by atoms with Crippen LogP contribution in [0.15, 0.2) is 36.4 Å². The molecule has 1 fully saturated rings. The van der Waals surface area contributed by atoms with E-state index in [1.807, 2.05) is 0 Å². The third-order valence-corrected chi connectivity index (χ3v) is 6.02. The van der Waals surface area contributed by atoms with Gasteiger partial charge in [0.15, 0.2) is 0 Å². The van der Waals surface area contributed by atoms with Gasteiger partial charge in [-0.25, -0.2) is 0 Å². The monoisotopic (exact) mass is 455 g/mol. The van der Waals surface area contributed by atoms with Crippen molar-refractivity contribution in [3.63, 3.8) is 0 Å². The zero-order valence-electron chi connectivity index (χ0n) is 15.3. The Hall–Kier alpha value is -1.86. The van der Waals surface area contributed by atoms with Crippen molar-refractivity contribution in [3.8, 4) is 5.75 Å². The van der Waals surface area contributed by atoms with Gasteiger partial charge in [0.1, 0.15) is 11.9 Å². The standard InChI is InChI=1S/C20H18Cl3N2O4/c21-17-4-3-16(11-18(17)22)29-15-5-7-24(8-6-15)20(23)10-14-2-1-13(12-26)9-19(14)25(27)28/h1-4,9,11,15,20H,5-8,10H2. The van der Waals surface area contributed by atoms with Gasteiger partial charge in [0, 0.05) is 42.8 Å². The second-order valence-electron chi connectivity index (χ2n) is 6.77. The van der Waals surface area contributed by atoms with Crippen LogP contribution < -0.4 is 4.74 Å². The molecule has 0 saturated carbocycles. The molecule has 1 aliphatic heterocycles. The summed E-state index contributed by atoms with van der Waals surface area (Å²) in [6.45, 7) is 1.41. The average molecular weight is 457 g/mol. The second-order valence-corrected chi connectivity index (χ2v) is 8.09. The molecule has 0 N–H and O–H groups in total. The van der Waals surface area contributed by atoms with Crippen LogP contribution in [0, 0.1) is 10.1 Å². The summed E-state index contributed by atoms with van der Waals surface area (Å²) in [7, 11) is 0. The van der Waals surface area contributed by atoms with Gasteiger partial charge in [-0.1, -0.05) is 35.3 Å². The van der Waals surface area contributed by atoms with Crippen molar-refractivity contribution in [2.24, 2.45) is 0 Å². The van der Waals surface area contributed by atoms with E-state index in [1.54, 1.807) is 30.6 Å². The first kappa shape index (κ1) is 21.8. The van der Waals surface area contributed by atoms with Crippen molar-refractivity contribution < 1.29 is 14.5 Å². The molecule has 0 amide bonds. The molecule has 0 aromatic heterocycles. The molecule has 153 valence electrons. The van der Waals surface area contributed by atoms with Crippen molar-refractivity contribution >= 4 is 46.8 Å². The number of nitro benzene ring substituents is 1. The Morgan fingerprint density at radius 3 is 2.52 bits per heavy atom. The molecule has 0 aliphatic carbocycles. The van der Waals surface area contributed by atoms with Gasteiger partial charge in [-0.05, 0) is 25.0 Å². The number of carbonyl (C=O) groups excluding carboxylic acids is 1. The van der Waals surface area contributed by atoms with Gasteiger partial charge in [0.25, 0.3) is 5.69 Å². The van der Waals surface area contributed by atoms with E-state index < -0.39 is 10.4 Å². The van der Waals surface area contributed by atoms with Crippen LogP contribution in [0.2, 0.25) is 10.0 Å². The number of alkyl halides is 1. The fraction of sp³-hybridized carbons (Fsp3) is 0.350. The van der Waals surface area contributed by atoms with Crippen LogP contribution >= 0.6 is 34.8 Å². The molecule has 29 heavy (non-hydrogen) atoms. The van der Waals surface area contributed by atoms with Crippen LogP contribution in [-0.2, 0) is 11.2 Å². The van der Waals surface area contributed by atoms with Gasteiger partial charge >= 0.3 is 0 Å². The normalized spacial score (nSPS) is 16.4.